The van der Waals surface area contributed by atoms with Crippen LogP contribution in [0.2, 0.25) is 39.3 Å². The average molecular weight is 663 g/mol. The second-order valence-corrected chi connectivity index (χ2v) is 23.6. The fourth-order valence-electron chi connectivity index (χ4n) is 3.30. The fourth-order valence-corrected chi connectivity index (χ4v) is 6.06. The molecule has 0 radical (unpaired) electrons. The van der Waals surface area contributed by atoms with Gasteiger partial charge in [0.15, 0.2) is 0 Å². The van der Waals surface area contributed by atoms with Crippen molar-refractivity contribution in [3.8, 4) is 17.7 Å². The number of nitrogens with zero attached hydrogens (tertiary/aromatic N) is 6. The molecule has 2 aromatic carbocycles. The first-order valence-corrected chi connectivity index (χ1v) is 21.7. The van der Waals surface area contributed by atoms with Crippen LogP contribution in [-0.2, 0) is 19.2 Å². The van der Waals surface area contributed by atoms with E-state index in [1.165, 1.54) is 29.9 Å². The Kier molecular flexibility index (Phi) is 15.1. The van der Waals surface area contributed by atoms with Gasteiger partial charge in [0.2, 0.25) is 0 Å². The van der Waals surface area contributed by atoms with Crippen LogP contribution in [-0.4, -0.2) is 43.4 Å². The number of terminal acetylenes is 1. The van der Waals surface area contributed by atoms with Gasteiger partial charge in [-0.2, -0.15) is 19.2 Å². The molecule has 0 saturated heterocycles. The number of carbonyl (C=O) groups excluding carboxylic acids is 4. The Morgan fingerprint density at radius 1 is 0.841 bits per heavy atom. The predicted octanol–water partition coefficient (Wildman–Crippen LogP) is 7.82. The van der Waals surface area contributed by atoms with Crippen molar-refractivity contribution in [1.29, 1.82) is 0 Å². The number of thiophene rings is 2. The van der Waals surface area contributed by atoms with Crippen LogP contribution in [0.4, 0.5) is 5.69 Å². The molecular weight excluding hydrogens is 629 g/mol. The summed E-state index contributed by atoms with van der Waals surface area (Å²) in [5.74, 6) is 0. The highest BCUT2D eigenvalue weighted by atomic mass is 32.1. The van der Waals surface area contributed by atoms with Crippen LogP contribution in [0.25, 0.3) is 36.3 Å². The lowest BCUT2D eigenvalue weighted by Gasteiger charge is -2.09. The summed E-state index contributed by atoms with van der Waals surface area (Å²) in [6.45, 7) is 17.5. The maximum Gasteiger partial charge on any atom is 0.373 e. The van der Waals surface area contributed by atoms with Gasteiger partial charge in [0.05, 0.1) is 11.0 Å². The van der Waals surface area contributed by atoms with E-state index in [9.17, 15) is 0 Å². The fraction of sp³-hybridized carbons (Fsp3) is 0.267. The minimum absolute atomic E-state index is 0.250. The van der Waals surface area contributed by atoms with Gasteiger partial charge in [-0.05, 0) is 60.5 Å². The maximum absolute atomic E-state index is 8.26. The third kappa shape index (κ3) is 12.8. The van der Waals surface area contributed by atoms with Gasteiger partial charge in [0.1, 0.15) is 16.1 Å². The topological polar surface area (TPSA) is 148 Å². The van der Waals surface area contributed by atoms with Gasteiger partial charge < -0.3 is 0 Å². The summed E-state index contributed by atoms with van der Waals surface area (Å²) < 4.78 is 4.37. The lowest BCUT2D eigenvalue weighted by molar-refractivity contribution is -0.193. The molecule has 5 aromatic rings. The summed E-state index contributed by atoms with van der Waals surface area (Å²) >= 11 is 3.53. The Hall–Kier alpha value is -4.44. The molecule has 0 aliphatic carbocycles. The summed E-state index contributed by atoms with van der Waals surface area (Å²) in [6, 6.07) is 16.5. The molecule has 3 aromatic heterocycles. The zero-order chi connectivity index (χ0) is 33.5. The number of aryl methyl sites for hydroxylation is 2. The molecule has 0 atom stereocenters. The van der Waals surface area contributed by atoms with E-state index >= 15 is 0 Å². The molecule has 10 nitrogen and oxygen atoms in total. The molecule has 14 heteroatoms. The molecule has 44 heavy (non-hydrogen) atoms. The van der Waals surface area contributed by atoms with Gasteiger partial charge in [-0.1, -0.05) is 67.8 Å². The molecule has 0 saturated carbocycles. The Bertz CT molecular complexity index is 1830. The third-order valence-corrected chi connectivity index (χ3v) is 10.0. The van der Waals surface area contributed by atoms with E-state index < -0.39 is 16.1 Å². The van der Waals surface area contributed by atoms with Crippen molar-refractivity contribution in [2.75, 3.05) is 0 Å². The smallest absolute Gasteiger partial charge is 0.221 e. The zero-order valence-corrected chi connectivity index (χ0v) is 29.5. The number of fused-ring (bicyclic) bond motifs is 2. The van der Waals surface area contributed by atoms with Crippen LogP contribution in [0.3, 0.4) is 0 Å². The van der Waals surface area contributed by atoms with Crippen LogP contribution in [0.5, 0.6) is 0 Å². The van der Waals surface area contributed by atoms with Crippen LogP contribution in [0.15, 0.2) is 59.8 Å². The highest BCUT2D eigenvalue weighted by Crippen LogP contribution is 2.29. The van der Waals surface area contributed by atoms with E-state index in [-0.39, 0.29) is 12.3 Å². The second kappa shape index (κ2) is 17.6. The van der Waals surface area contributed by atoms with E-state index in [0.717, 1.165) is 11.0 Å². The van der Waals surface area contributed by atoms with Gasteiger partial charge in [-0.15, -0.1) is 39.7 Å². The highest BCUT2D eigenvalue weighted by molar-refractivity contribution is 7.19. The molecule has 228 valence electrons. The largest absolute Gasteiger partial charge is 0.373 e. The maximum atomic E-state index is 8.26. The summed E-state index contributed by atoms with van der Waals surface area (Å²) in [4.78, 5) is 37.9. The number of hydrogen-bond donors (Lipinski definition) is 0. The van der Waals surface area contributed by atoms with Crippen LogP contribution >= 0.6 is 22.7 Å². The normalized spacial score (nSPS) is 9.98. The van der Waals surface area contributed by atoms with Crippen molar-refractivity contribution in [2.45, 2.75) is 53.1 Å². The van der Waals surface area contributed by atoms with Crippen LogP contribution in [0.1, 0.15) is 9.75 Å². The molecule has 0 aliphatic rings. The van der Waals surface area contributed by atoms with Gasteiger partial charge in [0, 0.05) is 36.0 Å². The second-order valence-electron chi connectivity index (χ2n) is 11.2. The SMILES string of the molecule is C#C[Si](C)(C)C.Cc1cc2ccc(-n3cc([Si](C)(C)C)nn3)cc2s1.Cc1cc2ccc(N=[N+]=[N-])cc2s1.O=C=O.O=C=O. The molecular formula is C30H34N6O4S2Si2. The Morgan fingerprint density at radius 3 is 1.75 bits per heavy atom. The van der Waals surface area contributed by atoms with Gasteiger partial charge >= 0.3 is 12.3 Å². The molecule has 0 spiro atoms. The minimum Gasteiger partial charge on any atom is -0.221 e. The molecule has 5 rings (SSSR count). The number of rotatable bonds is 3. The van der Waals surface area contributed by atoms with Gasteiger partial charge in [-0.3, -0.25) is 0 Å². The van der Waals surface area contributed by atoms with Gasteiger partial charge in [-0.25, -0.2) is 4.68 Å². The number of aromatic nitrogens is 3. The van der Waals surface area contributed by atoms with E-state index in [4.69, 9.17) is 31.1 Å². The lowest BCUT2D eigenvalue weighted by Crippen LogP contribution is -2.38. The number of benzene rings is 2. The first kappa shape index (κ1) is 37.6. The summed E-state index contributed by atoms with van der Waals surface area (Å²) in [6.07, 6.45) is 7.69. The van der Waals surface area contributed by atoms with Crippen LogP contribution in [0, 0.1) is 25.8 Å². The lowest BCUT2D eigenvalue weighted by atomic mass is 10.2. The van der Waals surface area contributed by atoms with Crippen molar-refractivity contribution in [1.82, 2.24) is 15.0 Å². The summed E-state index contributed by atoms with van der Waals surface area (Å²) in [5, 5.41) is 15.8. The third-order valence-electron chi connectivity index (χ3n) is 5.37. The first-order valence-electron chi connectivity index (χ1n) is 13.1. The molecule has 0 unspecified atom stereocenters. The Labute approximate surface area is 266 Å². The number of azide groups is 1. The highest BCUT2D eigenvalue weighted by Gasteiger charge is 2.20. The Morgan fingerprint density at radius 2 is 1.32 bits per heavy atom. The zero-order valence-electron chi connectivity index (χ0n) is 25.9. The van der Waals surface area contributed by atoms with Crippen molar-refractivity contribution in [3.63, 3.8) is 0 Å². The van der Waals surface area contributed by atoms with Crippen molar-refractivity contribution >= 4 is 82.3 Å². The molecule has 0 amide bonds. The van der Waals surface area contributed by atoms with Gasteiger partial charge in [0.25, 0.3) is 0 Å². The van der Waals surface area contributed by atoms with E-state index in [1.54, 1.807) is 11.3 Å². The quantitative estimate of drug-likeness (QED) is 0.0632. The molecule has 3 heterocycles. The van der Waals surface area contributed by atoms with E-state index in [1.807, 2.05) is 34.2 Å². The monoisotopic (exact) mass is 662 g/mol. The molecule has 0 N–H and O–H groups in total. The molecule has 0 aliphatic heterocycles. The molecule has 0 bridgehead atoms. The summed E-state index contributed by atoms with van der Waals surface area (Å²) in [5.41, 5.74) is 12.8. The number of hydrogen-bond acceptors (Lipinski definition) is 9. The minimum atomic E-state index is -1.39. The van der Waals surface area contributed by atoms with Crippen LogP contribution < -0.4 is 5.32 Å². The average Bonchev–Trinajstić information content (AvgIpc) is 3.66. The first-order chi connectivity index (χ1) is 20.6. The van der Waals surface area contributed by atoms with E-state index in [2.05, 4.69) is 116 Å². The standard InChI is InChI=1S/C14H17N3SSi.C9H7N3S.C5H10Si.2CO2/c1-10-7-11-5-6-12(8-13(11)18-10)17-9-14(15-16-17)19(2,3)4;1-6-4-7-2-3-8(11-12-10)5-9(7)13-6;1-5-6(2,3)4;2*2-1-3/h5-9H,1-4H3;2-5H,1H3;1H,2-4H3;;. The summed E-state index contributed by atoms with van der Waals surface area (Å²) in [7, 11) is -2.49. The predicted molar refractivity (Wildman–Crippen MR) is 182 cm³/mol. The van der Waals surface area contributed by atoms with Crippen molar-refractivity contribution in [2.24, 2.45) is 5.11 Å². The molecule has 0 fully saturated rings. The van der Waals surface area contributed by atoms with E-state index in [0.29, 0.717) is 5.69 Å². The van der Waals surface area contributed by atoms with Crippen molar-refractivity contribution in [3.05, 3.63) is 74.9 Å². The van der Waals surface area contributed by atoms with Crippen molar-refractivity contribution < 1.29 is 19.2 Å². The Balaban J connectivity index is 0.000000335.